The summed E-state index contributed by atoms with van der Waals surface area (Å²) in [4.78, 5) is 36.1. The zero-order chi connectivity index (χ0) is 22.4. The Morgan fingerprint density at radius 3 is 2.16 bits per heavy atom. The number of carbonyl (C=O) groups excluding carboxylic acids is 3. The number of rotatable bonds is 6. The summed E-state index contributed by atoms with van der Waals surface area (Å²) in [6.07, 6.45) is 2.87. The van der Waals surface area contributed by atoms with Crippen LogP contribution in [0.1, 0.15) is 26.3 Å². The lowest BCUT2D eigenvalue weighted by atomic mass is 10.1. The molecule has 0 aliphatic carbocycles. The first kappa shape index (κ1) is 21.7. The molecule has 0 saturated carbocycles. The summed E-state index contributed by atoms with van der Waals surface area (Å²) in [5.41, 5.74) is 1.09. The second-order valence-electron chi connectivity index (χ2n) is 6.35. The second kappa shape index (κ2) is 9.66. The van der Waals surface area contributed by atoms with Gasteiger partial charge in [0, 0.05) is 11.8 Å². The Hall–Kier alpha value is -4.01. The third kappa shape index (κ3) is 5.13. The molecule has 0 aromatic heterocycles. The van der Waals surface area contributed by atoms with E-state index in [1.165, 1.54) is 45.6 Å². The van der Waals surface area contributed by atoms with E-state index in [1.807, 2.05) is 0 Å². The van der Waals surface area contributed by atoms with E-state index in [2.05, 4.69) is 14.8 Å². The molecule has 3 rings (SSSR count). The topological polar surface area (TPSA) is 109 Å². The molecule has 9 heteroatoms. The van der Waals surface area contributed by atoms with Crippen molar-refractivity contribution in [3.8, 4) is 17.2 Å². The molecular weight excluding hydrogens is 406 g/mol. The molecule has 1 heterocycles. The minimum absolute atomic E-state index is 0.0984. The highest BCUT2D eigenvalue weighted by molar-refractivity contribution is 6.04. The standard InChI is InChI=1S/C22H21NO8/c1-27-17-8-13(9-18-20(17)31-7-6-30-18)4-5-19(24)23-16-11-14(21(25)28-2)10-15(12-16)22(26)29-3/h4-5,8-12H,6-7H2,1-3H3,(H,23,24). The lowest BCUT2D eigenvalue weighted by molar-refractivity contribution is -0.111. The van der Waals surface area contributed by atoms with E-state index >= 15 is 0 Å². The molecule has 1 amide bonds. The maximum absolute atomic E-state index is 12.4. The normalized spacial score (nSPS) is 12.2. The van der Waals surface area contributed by atoms with E-state index in [9.17, 15) is 14.4 Å². The molecule has 0 bridgehead atoms. The number of benzene rings is 2. The molecule has 31 heavy (non-hydrogen) atoms. The number of ether oxygens (including phenoxy) is 5. The van der Waals surface area contributed by atoms with Crippen molar-refractivity contribution in [2.24, 2.45) is 0 Å². The Bertz CT molecular complexity index is 993. The lowest BCUT2D eigenvalue weighted by Gasteiger charge is -2.20. The summed E-state index contributed by atoms with van der Waals surface area (Å²) in [6.45, 7) is 0.849. The fraction of sp³-hybridized carbons (Fsp3) is 0.227. The van der Waals surface area contributed by atoms with Gasteiger partial charge in [0.1, 0.15) is 13.2 Å². The molecule has 2 aromatic carbocycles. The molecule has 0 radical (unpaired) electrons. The fourth-order valence-corrected chi connectivity index (χ4v) is 2.92. The first-order chi connectivity index (χ1) is 14.9. The van der Waals surface area contributed by atoms with Crippen LogP contribution < -0.4 is 19.5 Å². The molecule has 0 saturated heterocycles. The van der Waals surface area contributed by atoms with Crippen LogP contribution in [-0.2, 0) is 14.3 Å². The molecule has 1 aliphatic heterocycles. The first-order valence-corrected chi connectivity index (χ1v) is 9.23. The van der Waals surface area contributed by atoms with E-state index in [1.54, 1.807) is 18.2 Å². The average molecular weight is 427 g/mol. The van der Waals surface area contributed by atoms with Gasteiger partial charge in [-0.2, -0.15) is 0 Å². The molecule has 0 spiro atoms. The number of fused-ring (bicyclic) bond motifs is 1. The predicted octanol–water partition coefficient (Wildman–Crippen LogP) is 2.69. The van der Waals surface area contributed by atoms with Crippen molar-refractivity contribution in [3.63, 3.8) is 0 Å². The van der Waals surface area contributed by atoms with Gasteiger partial charge in [-0.3, -0.25) is 4.79 Å². The summed E-state index contributed by atoms with van der Waals surface area (Å²) in [7, 11) is 3.95. The Labute approximate surface area is 178 Å². The van der Waals surface area contributed by atoms with E-state index in [0.717, 1.165) is 0 Å². The van der Waals surface area contributed by atoms with Crippen molar-refractivity contribution in [3.05, 3.63) is 53.1 Å². The Morgan fingerprint density at radius 2 is 1.55 bits per heavy atom. The minimum atomic E-state index is -0.653. The highest BCUT2D eigenvalue weighted by atomic mass is 16.6. The maximum Gasteiger partial charge on any atom is 0.337 e. The molecule has 162 valence electrons. The van der Waals surface area contributed by atoms with Crippen molar-refractivity contribution >= 4 is 29.6 Å². The quantitative estimate of drug-likeness (QED) is 0.554. The predicted molar refractivity (Wildman–Crippen MR) is 111 cm³/mol. The number of esters is 2. The summed E-state index contributed by atoms with van der Waals surface area (Å²) in [6, 6.07) is 7.57. The number of nitrogens with one attached hydrogen (secondary N) is 1. The summed E-state index contributed by atoms with van der Waals surface area (Å²) in [5, 5.41) is 2.61. The average Bonchev–Trinajstić information content (AvgIpc) is 2.80. The van der Waals surface area contributed by atoms with Gasteiger partial charge >= 0.3 is 11.9 Å². The highest BCUT2D eigenvalue weighted by Crippen LogP contribution is 2.40. The van der Waals surface area contributed by atoms with Crippen molar-refractivity contribution in [2.45, 2.75) is 0 Å². The van der Waals surface area contributed by atoms with Gasteiger partial charge in [0.25, 0.3) is 0 Å². The smallest absolute Gasteiger partial charge is 0.337 e. The van der Waals surface area contributed by atoms with Crippen molar-refractivity contribution < 1.29 is 38.1 Å². The molecule has 2 aromatic rings. The summed E-state index contributed by atoms with van der Waals surface area (Å²) < 4.78 is 25.8. The number of hydrogen-bond donors (Lipinski definition) is 1. The van der Waals surface area contributed by atoms with Crippen LogP contribution in [0.5, 0.6) is 17.2 Å². The number of amides is 1. The van der Waals surface area contributed by atoms with Gasteiger partial charge in [0.15, 0.2) is 11.5 Å². The van der Waals surface area contributed by atoms with Gasteiger partial charge < -0.3 is 29.0 Å². The number of hydrogen-bond acceptors (Lipinski definition) is 8. The van der Waals surface area contributed by atoms with Crippen LogP contribution in [0.2, 0.25) is 0 Å². The van der Waals surface area contributed by atoms with Crippen LogP contribution in [0.15, 0.2) is 36.4 Å². The van der Waals surface area contributed by atoms with Gasteiger partial charge in [-0.05, 0) is 42.0 Å². The zero-order valence-electron chi connectivity index (χ0n) is 17.2. The summed E-state index contributed by atoms with van der Waals surface area (Å²) >= 11 is 0. The number of carbonyl (C=O) groups is 3. The third-order valence-electron chi connectivity index (χ3n) is 4.32. The minimum Gasteiger partial charge on any atom is -0.493 e. The van der Waals surface area contributed by atoms with Gasteiger partial charge in [-0.1, -0.05) is 0 Å². The van der Waals surface area contributed by atoms with Gasteiger partial charge in [-0.25, -0.2) is 9.59 Å². The third-order valence-corrected chi connectivity index (χ3v) is 4.32. The molecular formula is C22H21NO8. The van der Waals surface area contributed by atoms with Crippen LogP contribution in [0.4, 0.5) is 5.69 Å². The monoisotopic (exact) mass is 427 g/mol. The van der Waals surface area contributed by atoms with Crippen molar-refractivity contribution in [2.75, 3.05) is 39.9 Å². The Kier molecular flexibility index (Phi) is 6.76. The molecule has 0 fully saturated rings. The zero-order valence-corrected chi connectivity index (χ0v) is 17.2. The van der Waals surface area contributed by atoms with Crippen molar-refractivity contribution in [1.29, 1.82) is 0 Å². The van der Waals surface area contributed by atoms with E-state index < -0.39 is 17.8 Å². The molecule has 9 nitrogen and oxygen atoms in total. The van der Waals surface area contributed by atoms with Crippen LogP contribution in [-0.4, -0.2) is 52.4 Å². The van der Waals surface area contributed by atoms with Gasteiger partial charge in [0.2, 0.25) is 11.7 Å². The SMILES string of the molecule is COC(=O)c1cc(NC(=O)C=Cc2cc(OC)c3c(c2)OCCO3)cc(C(=O)OC)c1. The van der Waals surface area contributed by atoms with Crippen LogP contribution in [0, 0.1) is 0 Å². The molecule has 0 atom stereocenters. The van der Waals surface area contributed by atoms with Crippen molar-refractivity contribution in [1.82, 2.24) is 0 Å². The van der Waals surface area contributed by atoms with Crippen LogP contribution in [0.3, 0.4) is 0 Å². The second-order valence-corrected chi connectivity index (χ2v) is 6.35. The van der Waals surface area contributed by atoms with E-state index in [0.29, 0.717) is 36.0 Å². The molecule has 1 aliphatic rings. The Morgan fingerprint density at radius 1 is 0.903 bits per heavy atom. The molecule has 0 unspecified atom stereocenters. The molecule has 1 N–H and O–H groups in total. The van der Waals surface area contributed by atoms with Gasteiger partial charge in [-0.15, -0.1) is 0 Å². The first-order valence-electron chi connectivity index (χ1n) is 9.23. The van der Waals surface area contributed by atoms with E-state index in [-0.39, 0.29) is 16.8 Å². The maximum atomic E-state index is 12.4. The van der Waals surface area contributed by atoms with Gasteiger partial charge in [0.05, 0.1) is 32.5 Å². The summed E-state index contributed by atoms with van der Waals surface area (Å²) in [5.74, 6) is -0.248. The lowest BCUT2D eigenvalue weighted by Crippen LogP contribution is -2.16. The highest BCUT2D eigenvalue weighted by Gasteiger charge is 2.18. The number of anilines is 1. The van der Waals surface area contributed by atoms with E-state index in [4.69, 9.17) is 14.2 Å². The largest absolute Gasteiger partial charge is 0.493 e. The number of methoxy groups -OCH3 is 3. The Balaban J connectivity index is 1.81. The van der Waals surface area contributed by atoms with Crippen LogP contribution >= 0.6 is 0 Å². The fourth-order valence-electron chi connectivity index (χ4n) is 2.92. The van der Waals surface area contributed by atoms with Crippen LogP contribution in [0.25, 0.3) is 6.08 Å².